The molecule has 1 aromatic rings. The number of carbonyl (C=O) groups is 1. The van der Waals surface area contributed by atoms with E-state index in [1.807, 2.05) is 18.2 Å². The maximum atomic E-state index is 11.2. The molecule has 0 saturated carbocycles. The molecule has 1 aliphatic rings. The van der Waals surface area contributed by atoms with Gasteiger partial charge in [-0.15, -0.1) is 0 Å². The van der Waals surface area contributed by atoms with Crippen LogP contribution >= 0.6 is 0 Å². The Bertz CT molecular complexity index is 513. The molecule has 5 nitrogen and oxygen atoms in total. The topological polar surface area (TPSA) is 60.5 Å². The van der Waals surface area contributed by atoms with Crippen molar-refractivity contribution in [2.24, 2.45) is 0 Å². The molecule has 1 atom stereocenters. The highest BCUT2D eigenvalue weighted by Gasteiger charge is 2.16. The lowest BCUT2D eigenvalue weighted by Crippen LogP contribution is -2.21. The van der Waals surface area contributed by atoms with E-state index in [4.69, 9.17) is 9.47 Å². The normalized spacial score (nSPS) is 17.4. The lowest BCUT2D eigenvalue weighted by Gasteiger charge is -2.10. The zero-order valence-electron chi connectivity index (χ0n) is 11.5. The lowest BCUT2D eigenvalue weighted by molar-refractivity contribution is -0.115. The zero-order valence-corrected chi connectivity index (χ0v) is 11.5. The van der Waals surface area contributed by atoms with Gasteiger partial charge in [0.15, 0.2) is 0 Å². The van der Waals surface area contributed by atoms with E-state index in [9.17, 15) is 4.79 Å². The first-order valence-electron chi connectivity index (χ1n) is 6.62. The monoisotopic (exact) mass is 274 g/mol. The van der Waals surface area contributed by atoms with Crippen LogP contribution in [-0.4, -0.2) is 30.2 Å². The van der Waals surface area contributed by atoms with Crippen molar-refractivity contribution in [3.8, 4) is 11.8 Å². The predicted octanol–water partition coefficient (Wildman–Crippen LogP) is 1.03. The molecular formula is C15H18N2O3. The highest BCUT2D eigenvalue weighted by molar-refractivity contribution is 5.93. The van der Waals surface area contributed by atoms with E-state index >= 15 is 0 Å². The van der Waals surface area contributed by atoms with Crippen LogP contribution in [0.4, 0.5) is 0 Å². The first kappa shape index (κ1) is 14.5. The summed E-state index contributed by atoms with van der Waals surface area (Å²) in [7, 11) is 0. The Balaban J connectivity index is 1.83. The Morgan fingerprint density at radius 3 is 3.15 bits per heavy atom. The van der Waals surface area contributed by atoms with Gasteiger partial charge in [0.1, 0.15) is 0 Å². The second-order valence-electron chi connectivity index (χ2n) is 4.47. The minimum Gasteiger partial charge on any atom is -0.379 e. The number of amides is 1. The third-order valence-corrected chi connectivity index (χ3v) is 2.89. The fraction of sp³-hybridized carbons (Fsp3) is 0.467. The molecule has 2 rings (SSSR count). The molecule has 0 bridgehead atoms. The minimum absolute atomic E-state index is 0.167. The van der Waals surface area contributed by atoms with Gasteiger partial charge in [-0.3, -0.25) is 9.78 Å². The molecule has 0 spiro atoms. The maximum Gasteiger partial charge on any atom is 0.296 e. The average Bonchev–Trinajstić information content (AvgIpc) is 2.97. The van der Waals surface area contributed by atoms with Crippen molar-refractivity contribution in [2.45, 2.75) is 32.6 Å². The van der Waals surface area contributed by atoms with Crippen LogP contribution in [0, 0.1) is 11.8 Å². The van der Waals surface area contributed by atoms with Crippen LogP contribution in [0.2, 0.25) is 0 Å². The SMILES string of the molecule is CC#CC(=O)NCc1cccc(COC2CCOC2)n1. The van der Waals surface area contributed by atoms with Crippen molar-refractivity contribution in [1.82, 2.24) is 10.3 Å². The van der Waals surface area contributed by atoms with Gasteiger partial charge in [-0.1, -0.05) is 12.0 Å². The molecule has 2 heterocycles. The Morgan fingerprint density at radius 1 is 1.55 bits per heavy atom. The number of carbonyl (C=O) groups excluding carboxylic acids is 1. The van der Waals surface area contributed by atoms with Gasteiger partial charge in [-0.2, -0.15) is 0 Å². The van der Waals surface area contributed by atoms with Crippen LogP contribution in [0.5, 0.6) is 0 Å². The van der Waals surface area contributed by atoms with Crippen molar-refractivity contribution in [3.05, 3.63) is 29.6 Å². The van der Waals surface area contributed by atoms with Crippen LogP contribution in [0.3, 0.4) is 0 Å². The predicted molar refractivity (Wildman–Crippen MR) is 73.5 cm³/mol. The smallest absolute Gasteiger partial charge is 0.296 e. The summed E-state index contributed by atoms with van der Waals surface area (Å²) >= 11 is 0. The highest BCUT2D eigenvalue weighted by Crippen LogP contribution is 2.10. The minimum atomic E-state index is -0.293. The Hall–Kier alpha value is -1.90. The third kappa shape index (κ3) is 4.65. The van der Waals surface area contributed by atoms with Crippen molar-refractivity contribution in [1.29, 1.82) is 0 Å². The van der Waals surface area contributed by atoms with Crippen molar-refractivity contribution in [2.75, 3.05) is 13.2 Å². The zero-order chi connectivity index (χ0) is 14.2. The molecule has 20 heavy (non-hydrogen) atoms. The van der Waals surface area contributed by atoms with E-state index in [-0.39, 0.29) is 12.0 Å². The molecule has 5 heteroatoms. The van der Waals surface area contributed by atoms with E-state index in [1.54, 1.807) is 6.92 Å². The fourth-order valence-electron chi connectivity index (χ4n) is 1.88. The molecule has 1 fully saturated rings. The van der Waals surface area contributed by atoms with Gasteiger partial charge in [0, 0.05) is 6.61 Å². The van der Waals surface area contributed by atoms with Gasteiger partial charge >= 0.3 is 0 Å². The summed E-state index contributed by atoms with van der Waals surface area (Å²) in [5.74, 6) is 4.69. The van der Waals surface area contributed by atoms with Crippen LogP contribution < -0.4 is 5.32 Å². The molecule has 1 N–H and O–H groups in total. The second kappa shape index (κ2) is 7.63. The summed E-state index contributed by atoms with van der Waals surface area (Å²) < 4.78 is 11.0. The van der Waals surface area contributed by atoms with E-state index in [2.05, 4.69) is 22.1 Å². The highest BCUT2D eigenvalue weighted by atomic mass is 16.5. The van der Waals surface area contributed by atoms with Crippen LogP contribution in [0.15, 0.2) is 18.2 Å². The van der Waals surface area contributed by atoms with Gasteiger partial charge in [-0.05, 0) is 31.4 Å². The van der Waals surface area contributed by atoms with Crippen molar-refractivity contribution >= 4 is 5.91 Å². The molecule has 1 aromatic heterocycles. The van der Waals surface area contributed by atoms with Gasteiger partial charge < -0.3 is 14.8 Å². The average molecular weight is 274 g/mol. The third-order valence-electron chi connectivity index (χ3n) is 2.89. The van der Waals surface area contributed by atoms with Crippen molar-refractivity contribution < 1.29 is 14.3 Å². The second-order valence-corrected chi connectivity index (χ2v) is 4.47. The fourth-order valence-corrected chi connectivity index (χ4v) is 1.88. The van der Waals surface area contributed by atoms with Crippen LogP contribution in [0.25, 0.3) is 0 Å². The summed E-state index contributed by atoms with van der Waals surface area (Å²) in [6.45, 7) is 3.88. The Labute approximate surface area is 118 Å². The van der Waals surface area contributed by atoms with Crippen molar-refractivity contribution in [3.63, 3.8) is 0 Å². The van der Waals surface area contributed by atoms with Gasteiger partial charge in [-0.25, -0.2) is 0 Å². The Kier molecular flexibility index (Phi) is 5.54. The summed E-state index contributed by atoms with van der Waals surface area (Å²) in [6.07, 6.45) is 1.10. The maximum absolute atomic E-state index is 11.2. The van der Waals surface area contributed by atoms with E-state index in [1.165, 1.54) is 0 Å². The van der Waals surface area contributed by atoms with Gasteiger partial charge in [0.2, 0.25) is 0 Å². The first-order chi connectivity index (χ1) is 9.78. The number of ether oxygens (including phenoxy) is 2. The van der Waals surface area contributed by atoms with E-state index in [0.717, 1.165) is 24.4 Å². The summed E-state index contributed by atoms with van der Waals surface area (Å²) in [6, 6.07) is 5.68. The number of aromatic nitrogens is 1. The molecule has 1 aliphatic heterocycles. The van der Waals surface area contributed by atoms with Gasteiger partial charge in [0.05, 0.1) is 37.3 Å². The molecular weight excluding hydrogens is 256 g/mol. The molecule has 106 valence electrons. The number of nitrogens with one attached hydrogen (secondary N) is 1. The standard InChI is InChI=1S/C15H18N2O3/c1-2-4-15(18)16-9-12-5-3-6-13(17-12)10-20-14-7-8-19-11-14/h3,5-6,14H,7-11H2,1H3,(H,16,18). The largest absolute Gasteiger partial charge is 0.379 e. The molecule has 0 radical (unpaired) electrons. The Morgan fingerprint density at radius 2 is 2.40 bits per heavy atom. The number of nitrogens with zero attached hydrogens (tertiary/aromatic N) is 1. The molecule has 0 aromatic carbocycles. The summed E-state index contributed by atoms with van der Waals surface area (Å²) in [5, 5.41) is 2.69. The molecule has 1 unspecified atom stereocenters. The number of hydrogen-bond donors (Lipinski definition) is 1. The van der Waals surface area contributed by atoms with E-state index in [0.29, 0.717) is 19.8 Å². The lowest BCUT2D eigenvalue weighted by atomic mass is 10.3. The number of pyridine rings is 1. The van der Waals surface area contributed by atoms with Gasteiger partial charge in [0.25, 0.3) is 5.91 Å². The molecule has 1 saturated heterocycles. The molecule has 0 aliphatic carbocycles. The summed E-state index contributed by atoms with van der Waals surface area (Å²) in [4.78, 5) is 15.7. The number of hydrogen-bond acceptors (Lipinski definition) is 4. The summed E-state index contributed by atoms with van der Waals surface area (Å²) in [5.41, 5.74) is 1.64. The van der Waals surface area contributed by atoms with E-state index < -0.39 is 0 Å². The number of rotatable bonds is 5. The quantitative estimate of drug-likeness (QED) is 0.815. The van der Waals surface area contributed by atoms with Crippen LogP contribution in [0.1, 0.15) is 24.7 Å². The molecule has 1 amide bonds. The first-order valence-corrected chi connectivity index (χ1v) is 6.62. The van der Waals surface area contributed by atoms with Crippen LogP contribution in [-0.2, 0) is 27.4 Å².